The fourth-order valence-electron chi connectivity index (χ4n) is 7.30. The van der Waals surface area contributed by atoms with Crippen LogP contribution in [-0.4, -0.2) is 106 Å². The fraction of sp³-hybridized carbons (Fsp3) is 0.436. The molecule has 4 heterocycles. The van der Waals surface area contributed by atoms with Gasteiger partial charge in [-0.3, -0.25) is 24.4 Å². The van der Waals surface area contributed by atoms with Crippen molar-refractivity contribution >= 4 is 11.8 Å². The van der Waals surface area contributed by atoms with E-state index in [4.69, 9.17) is 9.26 Å². The van der Waals surface area contributed by atoms with Gasteiger partial charge in [0.1, 0.15) is 43.0 Å². The van der Waals surface area contributed by atoms with Crippen molar-refractivity contribution in [3.05, 3.63) is 102 Å². The Morgan fingerprint density at radius 1 is 1.04 bits per heavy atom. The van der Waals surface area contributed by atoms with Crippen LogP contribution >= 0.6 is 0 Å². The molecule has 5 atom stereocenters. The van der Waals surface area contributed by atoms with E-state index in [2.05, 4.69) is 15.5 Å². The summed E-state index contributed by atoms with van der Waals surface area (Å²) in [6.07, 6.45) is -1.81. The highest BCUT2D eigenvalue weighted by Crippen LogP contribution is 2.37. The van der Waals surface area contributed by atoms with Crippen LogP contribution in [0.4, 0.5) is 13.2 Å². The van der Waals surface area contributed by atoms with Gasteiger partial charge in [-0.1, -0.05) is 59.8 Å². The molecule has 2 aliphatic rings. The molecule has 2 aromatic heterocycles. The maximum atomic E-state index is 13.9. The molecular formula is C39H45F3N6O6. The zero-order chi connectivity index (χ0) is 38.5. The number of carbonyl (C=O) groups is 2. The number of alkyl halides is 3. The Kier molecular flexibility index (Phi) is 12.0. The zero-order valence-corrected chi connectivity index (χ0v) is 30.1. The van der Waals surface area contributed by atoms with Crippen molar-refractivity contribution < 1.29 is 42.2 Å². The molecule has 0 unspecified atom stereocenters. The van der Waals surface area contributed by atoms with Crippen LogP contribution in [0.2, 0.25) is 0 Å². The normalized spacial score (nSPS) is 20.7. The van der Waals surface area contributed by atoms with Gasteiger partial charge in [-0.15, -0.1) is 0 Å². The molecule has 1 fully saturated rings. The minimum atomic E-state index is -4.62. The Bertz CT molecular complexity index is 1860. The Morgan fingerprint density at radius 3 is 2.54 bits per heavy atom. The molecule has 2 amide bonds. The van der Waals surface area contributed by atoms with Crippen LogP contribution in [0.3, 0.4) is 0 Å². The number of nitrogens with one attached hydrogen (secondary N) is 2. The van der Waals surface area contributed by atoms with Gasteiger partial charge in [-0.25, -0.2) is 0 Å². The smallest absolute Gasteiger partial charge is 0.405 e. The second kappa shape index (κ2) is 16.7. The second-order valence-corrected chi connectivity index (χ2v) is 14.3. The van der Waals surface area contributed by atoms with Crippen molar-refractivity contribution in [3.63, 3.8) is 0 Å². The summed E-state index contributed by atoms with van der Waals surface area (Å²) < 4.78 is 50.8. The van der Waals surface area contributed by atoms with E-state index in [-0.39, 0.29) is 39.1 Å². The van der Waals surface area contributed by atoms with E-state index in [9.17, 15) is 33.0 Å². The van der Waals surface area contributed by atoms with Crippen LogP contribution in [0.5, 0.6) is 5.75 Å². The van der Waals surface area contributed by atoms with Crippen LogP contribution in [-0.2, 0) is 21.5 Å². The predicted molar refractivity (Wildman–Crippen MR) is 192 cm³/mol. The van der Waals surface area contributed by atoms with Gasteiger partial charge in [0.05, 0.1) is 12.1 Å². The first kappa shape index (κ1) is 38.9. The second-order valence-electron chi connectivity index (χ2n) is 14.3. The van der Waals surface area contributed by atoms with Crippen molar-refractivity contribution in [3.8, 4) is 17.0 Å². The fourth-order valence-corrected chi connectivity index (χ4v) is 7.30. The molecule has 0 spiro atoms. The number of hydrogen-bond donors (Lipinski definition) is 4. The van der Waals surface area contributed by atoms with Gasteiger partial charge in [-0.05, 0) is 44.4 Å². The van der Waals surface area contributed by atoms with Crippen LogP contribution in [0, 0.1) is 5.92 Å². The molecule has 2 aromatic carbocycles. The van der Waals surface area contributed by atoms with Crippen molar-refractivity contribution in [2.24, 2.45) is 5.92 Å². The van der Waals surface area contributed by atoms with Crippen molar-refractivity contribution in [1.29, 1.82) is 0 Å². The number of aliphatic hydroxyl groups excluding tert-OH is 2. The molecule has 288 valence electrons. The van der Waals surface area contributed by atoms with Crippen LogP contribution in [0.1, 0.15) is 43.0 Å². The lowest BCUT2D eigenvalue weighted by atomic mass is 9.88. The summed E-state index contributed by atoms with van der Waals surface area (Å²) in [6, 6.07) is 18.3. The molecule has 2 aliphatic heterocycles. The third-order valence-electron chi connectivity index (χ3n) is 10.2. The maximum absolute atomic E-state index is 13.9. The summed E-state index contributed by atoms with van der Waals surface area (Å²) in [5.74, 6) is -1.47. The molecule has 15 heteroatoms. The van der Waals surface area contributed by atoms with Gasteiger partial charge in [0.2, 0.25) is 11.8 Å². The number of rotatable bonds is 13. The highest BCUT2D eigenvalue weighted by molar-refractivity contribution is 5.82. The molecule has 4 aromatic rings. The molecule has 0 radical (unpaired) electrons. The lowest BCUT2D eigenvalue weighted by Gasteiger charge is -2.47. The zero-order valence-electron chi connectivity index (χ0n) is 30.1. The third kappa shape index (κ3) is 9.27. The van der Waals surface area contributed by atoms with Crippen molar-refractivity contribution in [2.45, 2.75) is 62.7 Å². The first-order chi connectivity index (χ1) is 25.8. The number of piperazine rings is 1. The summed E-state index contributed by atoms with van der Waals surface area (Å²) >= 11 is 0. The number of aromatic nitrogens is 2. The summed E-state index contributed by atoms with van der Waals surface area (Å²) in [5, 5.41) is 31.6. The van der Waals surface area contributed by atoms with Gasteiger partial charge in [0.25, 0.3) is 0 Å². The lowest BCUT2D eigenvalue weighted by Crippen LogP contribution is -2.63. The average molecular weight is 751 g/mol. The summed E-state index contributed by atoms with van der Waals surface area (Å²) in [6.45, 7) is 2.98. The summed E-state index contributed by atoms with van der Waals surface area (Å²) in [5.41, 5.74) is 2.82. The number of β-amino-alcohol motifs (C(OH)–C–C–N with tert-alkyl or cyclic N) is 1. The van der Waals surface area contributed by atoms with E-state index in [0.29, 0.717) is 23.6 Å². The summed E-state index contributed by atoms with van der Waals surface area (Å²) in [4.78, 5) is 35.3. The number of halogens is 3. The number of aliphatic hydroxyl groups is 2. The van der Waals surface area contributed by atoms with Gasteiger partial charge in [-0.2, -0.15) is 13.2 Å². The molecule has 12 nitrogen and oxygen atoms in total. The molecule has 0 bridgehead atoms. The highest BCUT2D eigenvalue weighted by atomic mass is 19.4. The Hall–Kier alpha value is -4.83. The van der Waals surface area contributed by atoms with Gasteiger partial charge in [0.15, 0.2) is 0 Å². The molecule has 0 saturated carbocycles. The predicted octanol–water partition coefficient (Wildman–Crippen LogP) is 3.86. The number of carbonyl (C=O) groups excluding carboxylic acids is 2. The molecular weight excluding hydrogens is 705 g/mol. The quantitative estimate of drug-likeness (QED) is 0.159. The Morgan fingerprint density at radius 2 is 1.80 bits per heavy atom. The van der Waals surface area contributed by atoms with Crippen LogP contribution in [0.15, 0.2) is 89.9 Å². The minimum Gasteiger partial charge on any atom is -0.490 e. The first-order valence-corrected chi connectivity index (χ1v) is 17.9. The minimum absolute atomic E-state index is 0.0108. The summed E-state index contributed by atoms with van der Waals surface area (Å²) in [7, 11) is 0. The molecule has 0 aliphatic carbocycles. The number of nitrogens with zero attached hydrogens (tertiary/aromatic N) is 4. The topological polar surface area (TPSA) is 153 Å². The number of hydrogen-bond acceptors (Lipinski definition) is 10. The average Bonchev–Trinajstić information content (AvgIpc) is 3.67. The van der Waals surface area contributed by atoms with E-state index in [0.717, 1.165) is 16.7 Å². The van der Waals surface area contributed by atoms with E-state index in [1.807, 2.05) is 60.5 Å². The number of benzene rings is 2. The molecule has 6 rings (SSSR count). The third-order valence-corrected chi connectivity index (χ3v) is 10.2. The first-order valence-electron chi connectivity index (χ1n) is 17.9. The molecule has 4 N–H and O–H groups in total. The van der Waals surface area contributed by atoms with Crippen LogP contribution < -0.4 is 15.4 Å². The SMILES string of the molecule is CC(C)(c1conc1-c1ccccc1)N1CCN(C[C@@H](O)C[C@H](Cc2cccnc2)C(=O)N[C@H]2c3ccccc3OC[C@H]2O)[C@H](C(=O)NCC(F)(F)F)C1. The molecule has 1 saturated heterocycles. The Balaban J connectivity index is 1.20. The van der Waals surface area contributed by atoms with E-state index < -0.39 is 60.3 Å². The Labute approximate surface area is 311 Å². The van der Waals surface area contributed by atoms with Crippen LogP contribution in [0.25, 0.3) is 11.3 Å². The lowest BCUT2D eigenvalue weighted by molar-refractivity contribution is -0.144. The largest absolute Gasteiger partial charge is 0.490 e. The number of pyridine rings is 1. The van der Waals surface area contributed by atoms with Gasteiger partial charge >= 0.3 is 6.18 Å². The number of amides is 2. The highest BCUT2D eigenvalue weighted by Gasteiger charge is 2.42. The van der Waals surface area contributed by atoms with Gasteiger partial charge in [0, 0.05) is 66.7 Å². The molecule has 54 heavy (non-hydrogen) atoms. The van der Waals surface area contributed by atoms with E-state index >= 15 is 0 Å². The van der Waals surface area contributed by atoms with Crippen molar-refractivity contribution in [2.75, 3.05) is 39.3 Å². The standard InChI is InChI=1S/C39H45F3N6O6/c1-38(2,30-22-54-46-34(30)26-10-4-3-5-11-26)48-16-15-47(31(21-48)37(52)44-24-39(40,41)42)20-28(49)18-27(17-25-9-8-14-43-19-25)36(51)45-35-29-12-6-7-13-33(29)53-23-32(35)50/h3-14,19,22,27-28,31-32,35,49-50H,15-18,20-21,23-24H2,1-2H3,(H,44,52)(H,45,51)/t27-,28-,31-,32+,35-/m0/s1. The monoisotopic (exact) mass is 750 g/mol. The van der Waals surface area contributed by atoms with E-state index in [1.165, 1.54) is 0 Å². The van der Waals surface area contributed by atoms with Crippen molar-refractivity contribution in [1.82, 2.24) is 30.6 Å². The number of para-hydroxylation sites is 1. The van der Waals surface area contributed by atoms with E-state index in [1.54, 1.807) is 53.9 Å². The maximum Gasteiger partial charge on any atom is 0.405 e. The number of fused-ring (bicyclic) bond motifs is 1. The number of ether oxygens (including phenoxy) is 1. The van der Waals surface area contributed by atoms with Gasteiger partial charge < -0.3 is 30.1 Å².